The standard InChI is InChI=1S/C24H29N5/c1-3-8-22-25-14-21(15-26-22)24-23(20-9-6-5-7-10-20)27-18-29(24)17-19-11-13-28(16-19)12-4-2/h4-7,9-10,14-15,18-19H,2-3,8,11-13,16-17H2,1H3/t19-/m0/s1. The van der Waals surface area contributed by atoms with Crippen molar-refractivity contribution in [3.05, 3.63) is 67.5 Å². The van der Waals surface area contributed by atoms with Crippen LogP contribution in [0.1, 0.15) is 25.6 Å². The summed E-state index contributed by atoms with van der Waals surface area (Å²) in [5.74, 6) is 1.52. The second-order valence-corrected chi connectivity index (χ2v) is 7.80. The molecule has 0 N–H and O–H groups in total. The van der Waals surface area contributed by atoms with Gasteiger partial charge in [-0.15, -0.1) is 6.58 Å². The van der Waals surface area contributed by atoms with E-state index >= 15 is 0 Å². The van der Waals surface area contributed by atoms with Gasteiger partial charge in [0.05, 0.1) is 17.7 Å². The van der Waals surface area contributed by atoms with Crippen LogP contribution in [0, 0.1) is 5.92 Å². The van der Waals surface area contributed by atoms with Crippen LogP contribution < -0.4 is 0 Å². The van der Waals surface area contributed by atoms with Crippen molar-refractivity contribution in [2.45, 2.75) is 32.7 Å². The summed E-state index contributed by atoms with van der Waals surface area (Å²) in [5, 5.41) is 0. The van der Waals surface area contributed by atoms with E-state index in [4.69, 9.17) is 4.98 Å². The molecule has 5 heteroatoms. The Bertz CT molecular complexity index is 930. The van der Waals surface area contributed by atoms with Crippen molar-refractivity contribution in [1.82, 2.24) is 24.4 Å². The van der Waals surface area contributed by atoms with E-state index in [-0.39, 0.29) is 0 Å². The van der Waals surface area contributed by atoms with Gasteiger partial charge in [0.15, 0.2) is 0 Å². The van der Waals surface area contributed by atoms with Crippen molar-refractivity contribution in [3.8, 4) is 22.5 Å². The van der Waals surface area contributed by atoms with E-state index in [2.05, 4.69) is 57.2 Å². The van der Waals surface area contributed by atoms with E-state index in [9.17, 15) is 0 Å². The summed E-state index contributed by atoms with van der Waals surface area (Å²) in [7, 11) is 0. The second-order valence-electron chi connectivity index (χ2n) is 7.80. The van der Waals surface area contributed by atoms with E-state index in [1.54, 1.807) is 0 Å². The van der Waals surface area contributed by atoms with Crippen molar-refractivity contribution >= 4 is 0 Å². The molecular formula is C24H29N5. The summed E-state index contributed by atoms with van der Waals surface area (Å²) in [6.45, 7) is 10.2. The van der Waals surface area contributed by atoms with Crippen molar-refractivity contribution in [2.75, 3.05) is 19.6 Å². The van der Waals surface area contributed by atoms with Crippen LogP contribution >= 0.6 is 0 Å². The molecule has 150 valence electrons. The average Bonchev–Trinajstić information content (AvgIpc) is 3.37. The third-order valence-corrected chi connectivity index (χ3v) is 5.55. The van der Waals surface area contributed by atoms with Gasteiger partial charge in [0.25, 0.3) is 0 Å². The van der Waals surface area contributed by atoms with Crippen LogP contribution in [0.2, 0.25) is 0 Å². The topological polar surface area (TPSA) is 46.8 Å². The lowest BCUT2D eigenvalue weighted by atomic mass is 10.1. The smallest absolute Gasteiger partial charge is 0.128 e. The molecule has 1 fully saturated rings. The summed E-state index contributed by atoms with van der Waals surface area (Å²) in [5.41, 5.74) is 4.26. The summed E-state index contributed by atoms with van der Waals surface area (Å²) in [6, 6.07) is 10.4. The lowest BCUT2D eigenvalue weighted by molar-refractivity contribution is 0.348. The molecule has 0 bridgehead atoms. The minimum atomic E-state index is 0.617. The van der Waals surface area contributed by atoms with Crippen LogP contribution in [0.4, 0.5) is 0 Å². The maximum absolute atomic E-state index is 4.80. The molecule has 4 rings (SSSR count). The number of aryl methyl sites for hydroxylation is 1. The summed E-state index contributed by atoms with van der Waals surface area (Å²) < 4.78 is 2.29. The molecule has 0 radical (unpaired) electrons. The molecule has 1 saturated heterocycles. The molecule has 3 heterocycles. The van der Waals surface area contributed by atoms with E-state index in [1.165, 1.54) is 6.42 Å². The molecule has 1 aromatic carbocycles. The van der Waals surface area contributed by atoms with E-state index < -0.39 is 0 Å². The predicted molar refractivity (Wildman–Crippen MR) is 117 cm³/mol. The Balaban J connectivity index is 1.66. The van der Waals surface area contributed by atoms with Gasteiger partial charge >= 0.3 is 0 Å². The highest BCUT2D eigenvalue weighted by Gasteiger charge is 2.24. The number of hydrogen-bond acceptors (Lipinski definition) is 4. The van der Waals surface area contributed by atoms with Crippen LogP contribution in [-0.2, 0) is 13.0 Å². The number of rotatable bonds is 8. The van der Waals surface area contributed by atoms with Gasteiger partial charge in [-0.2, -0.15) is 0 Å². The fourth-order valence-corrected chi connectivity index (χ4v) is 4.15. The van der Waals surface area contributed by atoms with Gasteiger partial charge in [-0.1, -0.05) is 43.3 Å². The molecule has 3 aromatic rings. The number of imidazole rings is 1. The predicted octanol–water partition coefficient (Wildman–Crippen LogP) is 4.47. The third-order valence-electron chi connectivity index (χ3n) is 5.55. The van der Waals surface area contributed by atoms with E-state index in [0.29, 0.717) is 5.92 Å². The number of aromatic nitrogens is 4. The Morgan fingerprint density at radius 3 is 2.62 bits per heavy atom. The largest absolute Gasteiger partial charge is 0.330 e. The zero-order chi connectivity index (χ0) is 20.1. The molecule has 1 atom stereocenters. The SMILES string of the molecule is C=CCN1CC[C@H](Cn2cnc(-c3ccccc3)c2-c2cnc(CCC)nc2)C1. The van der Waals surface area contributed by atoms with Crippen molar-refractivity contribution < 1.29 is 0 Å². The monoisotopic (exact) mass is 387 g/mol. The highest BCUT2D eigenvalue weighted by Crippen LogP contribution is 2.32. The zero-order valence-corrected chi connectivity index (χ0v) is 17.2. The Labute approximate surface area is 173 Å². The average molecular weight is 388 g/mol. The zero-order valence-electron chi connectivity index (χ0n) is 17.2. The second kappa shape index (κ2) is 9.14. The quantitative estimate of drug-likeness (QED) is 0.535. The lowest BCUT2D eigenvalue weighted by Gasteiger charge is -2.16. The first-order valence-electron chi connectivity index (χ1n) is 10.5. The molecule has 0 aliphatic carbocycles. The van der Waals surface area contributed by atoms with Gasteiger partial charge in [0.2, 0.25) is 0 Å². The van der Waals surface area contributed by atoms with Gasteiger partial charge in [-0.25, -0.2) is 15.0 Å². The number of benzene rings is 1. The fraction of sp³-hybridized carbons (Fsp3) is 0.375. The molecule has 5 nitrogen and oxygen atoms in total. The Kier molecular flexibility index (Phi) is 6.15. The lowest BCUT2D eigenvalue weighted by Crippen LogP contribution is -2.21. The first kappa shape index (κ1) is 19.5. The van der Waals surface area contributed by atoms with Gasteiger partial charge in [0, 0.05) is 49.6 Å². The summed E-state index contributed by atoms with van der Waals surface area (Å²) >= 11 is 0. The van der Waals surface area contributed by atoms with Crippen LogP contribution in [0.25, 0.3) is 22.5 Å². The molecule has 0 spiro atoms. The van der Waals surface area contributed by atoms with Gasteiger partial charge in [0.1, 0.15) is 5.82 Å². The summed E-state index contributed by atoms with van der Waals surface area (Å²) in [6.07, 6.45) is 11.1. The molecule has 29 heavy (non-hydrogen) atoms. The highest BCUT2D eigenvalue weighted by atomic mass is 15.2. The Morgan fingerprint density at radius 2 is 1.90 bits per heavy atom. The van der Waals surface area contributed by atoms with Crippen LogP contribution in [0.3, 0.4) is 0 Å². The molecule has 1 aliphatic rings. The van der Waals surface area contributed by atoms with Crippen LogP contribution in [0.5, 0.6) is 0 Å². The minimum absolute atomic E-state index is 0.617. The number of hydrogen-bond donors (Lipinski definition) is 0. The van der Waals surface area contributed by atoms with Gasteiger partial charge < -0.3 is 4.57 Å². The molecule has 2 aromatic heterocycles. The van der Waals surface area contributed by atoms with Crippen molar-refractivity contribution in [1.29, 1.82) is 0 Å². The number of likely N-dealkylation sites (tertiary alicyclic amines) is 1. The molecular weight excluding hydrogens is 358 g/mol. The van der Waals surface area contributed by atoms with E-state index in [0.717, 1.165) is 67.4 Å². The van der Waals surface area contributed by atoms with E-state index in [1.807, 2.05) is 30.9 Å². The Hall–Kier alpha value is -2.79. The number of nitrogens with zero attached hydrogens (tertiary/aromatic N) is 5. The first-order valence-corrected chi connectivity index (χ1v) is 10.5. The van der Waals surface area contributed by atoms with Gasteiger partial charge in [-0.05, 0) is 25.3 Å². The third kappa shape index (κ3) is 4.46. The van der Waals surface area contributed by atoms with Crippen LogP contribution in [0.15, 0.2) is 61.7 Å². The van der Waals surface area contributed by atoms with Crippen LogP contribution in [-0.4, -0.2) is 44.1 Å². The maximum atomic E-state index is 4.80. The molecule has 1 aliphatic heterocycles. The highest BCUT2D eigenvalue weighted by molar-refractivity contribution is 5.77. The summed E-state index contributed by atoms with van der Waals surface area (Å²) in [4.78, 5) is 16.5. The van der Waals surface area contributed by atoms with Crippen molar-refractivity contribution in [2.24, 2.45) is 5.92 Å². The molecule has 0 unspecified atom stereocenters. The maximum Gasteiger partial charge on any atom is 0.128 e. The normalized spacial score (nSPS) is 16.9. The molecule has 0 amide bonds. The fourth-order valence-electron chi connectivity index (χ4n) is 4.15. The van der Waals surface area contributed by atoms with Gasteiger partial charge in [-0.3, -0.25) is 4.90 Å². The molecule has 0 saturated carbocycles. The first-order chi connectivity index (χ1) is 14.3. The van der Waals surface area contributed by atoms with Crippen molar-refractivity contribution in [3.63, 3.8) is 0 Å². The minimum Gasteiger partial charge on any atom is -0.330 e. The Morgan fingerprint density at radius 1 is 1.10 bits per heavy atom.